The number of hydrogen-bond donors (Lipinski definition) is 1. The van der Waals surface area contributed by atoms with Gasteiger partial charge in [0.1, 0.15) is 9.84 Å². The zero-order chi connectivity index (χ0) is 15.9. The molecule has 0 aliphatic carbocycles. The maximum Gasteiger partial charge on any atom is 0.147 e. The summed E-state index contributed by atoms with van der Waals surface area (Å²) in [4.78, 5) is 4.84. The molecule has 2 unspecified atom stereocenters. The van der Waals surface area contributed by atoms with Gasteiger partial charge in [-0.25, -0.2) is 8.42 Å². The van der Waals surface area contributed by atoms with Gasteiger partial charge in [0.25, 0.3) is 0 Å². The van der Waals surface area contributed by atoms with Gasteiger partial charge in [0.05, 0.1) is 0 Å². The average Bonchev–Trinajstić information content (AvgIpc) is 2.54. The Kier molecular flexibility index (Phi) is 8.16. The molecule has 1 rings (SSSR count). The van der Waals surface area contributed by atoms with E-state index >= 15 is 0 Å². The standard InChI is InChI=1S/C15H33N3O2S/c1-5-9-16-14(8-6-12-21(4,19)20)15-13-17(2)10-7-11-18(15)3/h14-16H,5-13H2,1-4H3. The molecule has 0 aromatic heterocycles. The Labute approximate surface area is 131 Å². The Morgan fingerprint density at radius 2 is 2.00 bits per heavy atom. The fourth-order valence-corrected chi connectivity index (χ4v) is 3.76. The van der Waals surface area contributed by atoms with E-state index in [1.807, 2.05) is 0 Å². The van der Waals surface area contributed by atoms with E-state index in [1.165, 1.54) is 12.7 Å². The fourth-order valence-electron chi connectivity index (χ4n) is 3.07. The number of rotatable bonds is 8. The first-order valence-electron chi connectivity index (χ1n) is 8.13. The van der Waals surface area contributed by atoms with Crippen molar-refractivity contribution in [2.24, 2.45) is 0 Å². The molecule has 1 N–H and O–H groups in total. The predicted octanol–water partition coefficient (Wildman–Crippen LogP) is 0.815. The third-order valence-corrected chi connectivity index (χ3v) is 5.30. The second-order valence-corrected chi connectivity index (χ2v) is 8.76. The molecular formula is C15H33N3O2S. The summed E-state index contributed by atoms with van der Waals surface area (Å²) in [7, 11) is 1.52. The first-order chi connectivity index (χ1) is 9.83. The minimum Gasteiger partial charge on any atom is -0.312 e. The molecule has 1 saturated heterocycles. The Hall–Kier alpha value is -0.170. The van der Waals surface area contributed by atoms with E-state index in [9.17, 15) is 8.42 Å². The van der Waals surface area contributed by atoms with Gasteiger partial charge in [-0.3, -0.25) is 0 Å². The maximum absolute atomic E-state index is 11.3. The van der Waals surface area contributed by atoms with Gasteiger partial charge < -0.3 is 15.1 Å². The van der Waals surface area contributed by atoms with Gasteiger partial charge >= 0.3 is 0 Å². The van der Waals surface area contributed by atoms with Crippen molar-refractivity contribution < 1.29 is 8.42 Å². The highest BCUT2D eigenvalue weighted by Gasteiger charge is 2.28. The monoisotopic (exact) mass is 319 g/mol. The van der Waals surface area contributed by atoms with Crippen molar-refractivity contribution in [3.05, 3.63) is 0 Å². The van der Waals surface area contributed by atoms with Crippen LogP contribution in [0.15, 0.2) is 0 Å². The highest BCUT2D eigenvalue weighted by molar-refractivity contribution is 7.90. The smallest absolute Gasteiger partial charge is 0.147 e. The molecule has 0 spiro atoms. The number of sulfone groups is 1. The molecule has 5 nitrogen and oxygen atoms in total. The second-order valence-electron chi connectivity index (χ2n) is 6.50. The second kappa shape index (κ2) is 9.08. The van der Waals surface area contributed by atoms with Gasteiger partial charge in [0.15, 0.2) is 0 Å². The van der Waals surface area contributed by atoms with Gasteiger partial charge in [-0.15, -0.1) is 0 Å². The largest absolute Gasteiger partial charge is 0.312 e. The van der Waals surface area contributed by atoms with Crippen LogP contribution in [0.3, 0.4) is 0 Å². The zero-order valence-electron chi connectivity index (χ0n) is 14.1. The number of nitrogens with one attached hydrogen (secondary N) is 1. The molecule has 1 heterocycles. The summed E-state index contributed by atoms with van der Waals surface area (Å²) >= 11 is 0. The van der Waals surface area contributed by atoms with E-state index in [0.29, 0.717) is 17.8 Å². The van der Waals surface area contributed by atoms with E-state index in [2.05, 4.69) is 36.1 Å². The van der Waals surface area contributed by atoms with Gasteiger partial charge in [-0.1, -0.05) is 6.92 Å². The summed E-state index contributed by atoms with van der Waals surface area (Å²) < 4.78 is 22.7. The summed E-state index contributed by atoms with van der Waals surface area (Å²) in [6.45, 7) is 6.48. The molecule has 1 aliphatic heterocycles. The van der Waals surface area contributed by atoms with Crippen LogP contribution in [0.5, 0.6) is 0 Å². The van der Waals surface area contributed by atoms with E-state index in [1.54, 1.807) is 0 Å². The van der Waals surface area contributed by atoms with Gasteiger partial charge in [0.2, 0.25) is 0 Å². The van der Waals surface area contributed by atoms with Crippen LogP contribution in [0.2, 0.25) is 0 Å². The molecule has 1 aliphatic rings. The van der Waals surface area contributed by atoms with Crippen molar-refractivity contribution in [2.75, 3.05) is 52.3 Å². The molecule has 6 heteroatoms. The highest BCUT2D eigenvalue weighted by atomic mass is 32.2. The average molecular weight is 320 g/mol. The molecule has 126 valence electrons. The summed E-state index contributed by atoms with van der Waals surface area (Å²) in [5, 5.41) is 3.64. The van der Waals surface area contributed by atoms with Crippen molar-refractivity contribution in [3.8, 4) is 0 Å². The number of likely N-dealkylation sites (N-methyl/N-ethyl adjacent to an activating group) is 2. The Bertz CT molecular complexity index is 386. The van der Waals surface area contributed by atoms with Crippen LogP contribution in [-0.2, 0) is 9.84 Å². The quantitative estimate of drug-likeness (QED) is 0.718. The van der Waals surface area contributed by atoms with Crippen LogP contribution in [0.25, 0.3) is 0 Å². The topological polar surface area (TPSA) is 52.7 Å². The third-order valence-electron chi connectivity index (χ3n) is 4.27. The molecule has 21 heavy (non-hydrogen) atoms. The lowest BCUT2D eigenvalue weighted by Gasteiger charge is -2.35. The van der Waals surface area contributed by atoms with Crippen LogP contribution in [0, 0.1) is 0 Å². The van der Waals surface area contributed by atoms with Crippen LogP contribution in [0.1, 0.15) is 32.6 Å². The lowest BCUT2D eigenvalue weighted by atomic mass is 10.0. The SMILES string of the molecule is CCCNC(CCCS(C)(=O)=O)C1CN(C)CCCN1C. The van der Waals surface area contributed by atoms with Crippen molar-refractivity contribution >= 4 is 9.84 Å². The predicted molar refractivity (Wildman–Crippen MR) is 89.6 cm³/mol. The Balaban J connectivity index is 2.64. The van der Waals surface area contributed by atoms with Gasteiger partial charge in [-0.2, -0.15) is 0 Å². The molecule has 0 radical (unpaired) electrons. The van der Waals surface area contributed by atoms with Crippen LogP contribution in [0.4, 0.5) is 0 Å². The van der Waals surface area contributed by atoms with E-state index in [0.717, 1.165) is 45.4 Å². The molecule has 0 saturated carbocycles. The normalized spacial score (nSPS) is 23.9. The lowest BCUT2D eigenvalue weighted by Crippen LogP contribution is -2.52. The highest BCUT2D eigenvalue weighted by Crippen LogP contribution is 2.14. The minimum atomic E-state index is -2.85. The van der Waals surface area contributed by atoms with Crippen LogP contribution >= 0.6 is 0 Å². The molecule has 0 bridgehead atoms. The van der Waals surface area contributed by atoms with Crippen molar-refractivity contribution in [2.45, 2.75) is 44.7 Å². The molecular weight excluding hydrogens is 286 g/mol. The third kappa shape index (κ3) is 7.58. The molecule has 2 atom stereocenters. The van der Waals surface area contributed by atoms with E-state index in [4.69, 9.17) is 0 Å². The first-order valence-corrected chi connectivity index (χ1v) is 10.2. The molecule has 1 fully saturated rings. The fraction of sp³-hybridized carbons (Fsp3) is 1.00. The van der Waals surface area contributed by atoms with Gasteiger partial charge in [-0.05, 0) is 59.4 Å². The number of hydrogen-bond acceptors (Lipinski definition) is 5. The zero-order valence-corrected chi connectivity index (χ0v) is 15.0. The van der Waals surface area contributed by atoms with Crippen molar-refractivity contribution in [1.29, 1.82) is 0 Å². The van der Waals surface area contributed by atoms with Crippen molar-refractivity contribution in [3.63, 3.8) is 0 Å². The lowest BCUT2D eigenvalue weighted by molar-refractivity contribution is 0.172. The molecule has 0 amide bonds. The summed E-state index contributed by atoms with van der Waals surface area (Å²) in [6.07, 6.45) is 5.30. The van der Waals surface area contributed by atoms with E-state index in [-0.39, 0.29) is 0 Å². The Morgan fingerprint density at radius 3 is 2.62 bits per heavy atom. The summed E-state index contributed by atoms with van der Waals surface area (Å²) in [5.74, 6) is 0.295. The summed E-state index contributed by atoms with van der Waals surface area (Å²) in [5.41, 5.74) is 0. The minimum absolute atomic E-state index is 0.295. The molecule has 0 aromatic carbocycles. The number of nitrogens with zero attached hydrogens (tertiary/aromatic N) is 2. The first kappa shape index (κ1) is 18.9. The molecule has 0 aromatic rings. The Morgan fingerprint density at radius 1 is 1.29 bits per heavy atom. The van der Waals surface area contributed by atoms with Crippen LogP contribution < -0.4 is 5.32 Å². The summed E-state index contributed by atoms with van der Waals surface area (Å²) in [6, 6.07) is 0.834. The van der Waals surface area contributed by atoms with Crippen molar-refractivity contribution in [1.82, 2.24) is 15.1 Å². The van der Waals surface area contributed by atoms with Gasteiger partial charge in [0, 0.05) is 30.6 Å². The van der Waals surface area contributed by atoms with E-state index < -0.39 is 9.84 Å². The van der Waals surface area contributed by atoms with Crippen LogP contribution in [-0.4, -0.2) is 82.6 Å². The maximum atomic E-state index is 11.3.